The van der Waals surface area contributed by atoms with E-state index in [-0.39, 0.29) is 22.8 Å². The van der Waals surface area contributed by atoms with Crippen molar-refractivity contribution in [2.75, 3.05) is 12.4 Å². The lowest BCUT2D eigenvalue weighted by Crippen LogP contribution is -2.18. The smallest absolute Gasteiger partial charge is 0.256 e. The molecule has 3 N–H and O–H groups in total. The maximum atomic E-state index is 12.7. The summed E-state index contributed by atoms with van der Waals surface area (Å²) in [6, 6.07) is 9.04. The quantitative estimate of drug-likeness (QED) is 0.883. The molecule has 24 heavy (non-hydrogen) atoms. The number of hydrogen-bond acceptors (Lipinski definition) is 4. The number of rotatable bonds is 5. The fourth-order valence-electron chi connectivity index (χ4n) is 2.72. The van der Waals surface area contributed by atoms with Gasteiger partial charge in [0.1, 0.15) is 5.56 Å². The number of nitrogens with one attached hydrogen (secondary N) is 1. The molecule has 3 rings (SSSR count). The van der Waals surface area contributed by atoms with Crippen molar-refractivity contribution in [2.45, 2.75) is 25.2 Å². The molecule has 6 nitrogen and oxygen atoms in total. The molecule has 1 aliphatic rings. The molecular formula is C18H19N3O3. The summed E-state index contributed by atoms with van der Waals surface area (Å²) in [7, 11) is 1.40. The molecule has 0 unspecified atom stereocenters. The Morgan fingerprint density at radius 2 is 1.96 bits per heavy atom. The van der Waals surface area contributed by atoms with Crippen LogP contribution in [0.25, 0.3) is 0 Å². The SMILES string of the molecule is COc1ncc(NC(=O)c2ccccc2C2(C)CC2)cc1C(N)=O. The van der Waals surface area contributed by atoms with Crippen LogP contribution in [0.1, 0.15) is 46.0 Å². The summed E-state index contributed by atoms with van der Waals surface area (Å²) in [5.74, 6) is -0.770. The maximum Gasteiger partial charge on any atom is 0.256 e. The van der Waals surface area contributed by atoms with Crippen molar-refractivity contribution in [3.8, 4) is 5.88 Å². The molecule has 0 saturated heterocycles. The first-order valence-corrected chi connectivity index (χ1v) is 7.69. The van der Waals surface area contributed by atoms with Crippen molar-refractivity contribution in [1.29, 1.82) is 0 Å². The zero-order chi connectivity index (χ0) is 17.3. The minimum absolute atomic E-state index is 0.0739. The number of carbonyl (C=O) groups excluding carboxylic acids is 2. The number of ether oxygens (including phenoxy) is 1. The van der Waals surface area contributed by atoms with E-state index in [4.69, 9.17) is 10.5 Å². The average molecular weight is 325 g/mol. The molecule has 2 amide bonds. The fourth-order valence-corrected chi connectivity index (χ4v) is 2.72. The largest absolute Gasteiger partial charge is 0.480 e. The van der Waals surface area contributed by atoms with Crippen LogP contribution >= 0.6 is 0 Å². The van der Waals surface area contributed by atoms with E-state index in [0.717, 1.165) is 18.4 Å². The highest BCUT2D eigenvalue weighted by Crippen LogP contribution is 2.48. The summed E-state index contributed by atoms with van der Waals surface area (Å²) >= 11 is 0. The van der Waals surface area contributed by atoms with Gasteiger partial charge in [-0.2, -0.15) is 0 Å². The van der Waals surface area contributed by atoms with E-state index in [1.807, 2.05) is 18.2 Å². The van der Waals surface area contributed by atoms with E-state index in [2.05, 4.69) is 17.2 Å². The number of amides is 2. The van der Waals surface area contributed by atoms with Gasteiger partial charge in [0.05, 0.1) is 19.0 Å². The lowest BCUT2D eigenvalue weighted by atomic mass is 9.93. The molecule has 124 valence electrons. The maximum absolute atomic E-state index is 12.7. The standard InChI is InChI=1S/C18H19N3O3/c1-18(7-8-18)14-6-4-3-5-12(14)16(23)21-11-9-13(15(19)22)17(24-2)20-10-11/h3-6,9-10H,7-8H2,1-2H3,(H2,19,22)(H,21,23). The van der Waals surface area contributed by atoms with E-state index in [1.54, 1.807) is 6.07 Å². The third-order valence-corrected chi connectivity index (χ3v) is 4.39. The Balaban J connectivity index is 1.89. The molecule has 1 aromatic carbocycles. The van der Waals surface area contributed by atoms with Gasteiger partial charge in [-0.1, -0.05) is 25.1 Å². The minimum atomic E-state index is -0.665. The van der Waals surface area contributed by atoms with Crippen molar-refractivity contribution in [1.82, 2.24) is 4.98 Å². The number of methoxy groups -OCH3 is 1. The van der Waals surface area contributed by atoms with Gasteiger partial charge in [-0.3, -0.25) is 9.59 Å². The fraction of sp³-hybridized carbons (Fsp3) is 0.278. The number of nitrogens with two attached hydrogens (primary N) is 1. The normalized spacial score (nSPS) is 14.8. The Morgan fingerprint density at radius 1 is 1.25 bits per heavy atom. The Bertz CT molecular complexity index is 813. The summed E-state index contributed by atoms with van der Waals surface area (Å²) in [4.78, 5) is 28.1. The van der Waals surface area contributed by atoms with E-state index >= 15 is 0 Å². The number of pyridine rings is 1. The molecule has 0 atom stereocenters. The van der Waals surface area contributed by atoms with Gasteiger partial charge in [0.15, 0.2) is 0 Å². The lowest BCUT2D eigenvalue weighted by Gasteiger charge is -2.15. The minimum Gasteiger partial charge on any atom is -0.480 e. The van der Waals surface area contributed by atoms with Crippen LogP contribution in [-0.2, 0) is 5.41 Å². The summed E-state index contributed by atoms with van der Waals surface area (Å²) in [5.41, 5.74) is 7.58. The predicted molar refractivity (Wildman–Crippen MR) is 90.3 cm³/mol. The number of primary amides is 1. The van der Waals surface area contributed by atoms with Crippen LogP contribution in [0.3, 0.4) is 0 Å². The Morgan fingerprint density at radius 3 is 2.58 bits per heavy atom. The molecule has 0 spiro atoms. The number of hydrogen-bond donors (Lipinski definition) is 2. The van der Waals surface area contributed by atoms with Crippen LogP contribution in [0, 0.1) is 0 Å². The number of carbonyl (C=O) groups is 2. The van der Waals surface area contributed by atoms with Gasteiger partial charge in [-0.25, -0.2) is 4.98 Å². The first-order chi connectivity index (χ1) is 11.4. The molecule has 2 aromatic rings. The van der Waals surface area contributed by atoms with E-state index in [9.17, 15) is 9.59 Å². The molecular weight excluding hydrogens is 306 g/mol. The van der Waals surface area contributed by atoms with Gasteiger partial charge in [0.2, 0.25) is 5.88 Å². The second kappa shape index (κ2) is 5.96. The zero-order valence-electron chi connectivity index (χ0n) is 13.6. The Labute approximate surface area is 140 Å². The summed E-state index contributed by atoms with van der Waals surface area (Å²) in [5, 5.41) is 2.78. The van der Waals surface area contributed by atoms with Crippen molar-refractivity contribution >= 4 is 17.5 Å². The average Bonchev–Trinajstić information content (AvgIpc) is 3.33. The Kier molecular flexibility index (Phi) is 3.97. The number of nitrogens with zero attached hydrogens (tertiary/aromatic N) is 1. The van der Waals surface area contributed by atoms with Gasteiger partial charge in [-0.15, -0.1) is 0 Å². The van der Waals surface area contributed by atoms with Crippen LogP contribution < -0.4 is 15.8 Å². The van der Waals surface area contributed by atoms with E-state index in [1.165, 1.54) is 19.4 Å². The zero-order valence-corrected chi connectivity index (χ0v) is 13.6. The first kappa shape index (κ1) is 16.0. The summed E-state index contributed by atoms with van der Waals surface area (Å²) < 4.78 is 5.00. The molecule has 0 aliphatic heterocycles. The molecule has 0 bridgehead atoms. The first-order valence-electron chi connectivity index (χ1n) is 7.69. The van der Waals surface area contributed by atoms with Gasteiger partial charge in [-0.05, 0) is 36.0 Å². The highest BCUT2D eigenvalue weighted by molar-refractivity contribution is 6.06. The lowest BCUT2D eigenvalue weighted by molar-refractivity contribution is 0.0992. The molecule has 6 heteroatoms. The van der Waals surface area contributed by atoms with Gasteiger partial charge >= 0.3 is 0 Å². The summed E-state index contributed by atoms with van der Waals surface area (Å²) in [6.07, 6.45) is 3.59. The second-order valence-corrected chi connectivity index (χ2v) is 6.21. The topological polar surface area (TPSA) is 94.3 Å². The van der Waals surface area contributed by atoms with Crippen molar-refractivity contribution in [3.05, 3.63) is 53.2 Å². The van der Waals surface area contributed by atoms with Crippen LogP contribution in [0.4, 0.5) is 5.69 Å². The van der Waals surface area contributed by atoms with Gasteiger partial charge < -0.3 is 15.8 Å². The second-order valence-electron chi connectivity index (χ2n) is 6.21. The third-order valence-electron chi connectivity index (χ3n) is 4.39. The van der Waals surface area contributed by atoms with E-state index in [0.29, 0.717) is 11.3 Å². The van der Waals surface area contributed by atoms with E-state index < -0.39 is 5.91 Å². The highest BCUT2D eigenvalue weighted by atomic mass is 16.5. The van der Waals surface area contributed by atoms with Crippen molar-refractivity contribution in [3.63, 3.8) is 0 Å². The van der Waals surface area contributed by atoms with Gasteiger partial charge in [0, 0.05) is 5.56 Å². The monoisotopic (exact) mass is 325 g/mol. The number of anilines is 1. The van der Waals surface area contributed by atoms with Crippen LogP contribution in [0.2, 0.25) is 0 Å². The number of benzene rings is 1. The Hall–Kier alpha value is -2.89. The number of aromatic nitrogens is 1. The molecule has 0 radical (unpaired) electrons. The van der Waals surface area contributed by atoms with Crippen LogP contribution in [0.5, 0.6) is 5.88 Å². The molecule has 1 heterocycles. The van der Waals surface area contributed by atoms with Gasteiger partial charge in [0.25, 0.3) is 11.8 Å². The molecule has 1 fully saturated rings. The predicted octanol–water partition coefficient (Wildman–Crippen LogP) is 2.49. The summed E-state index contributed by atoms with van der Waals surface area (Å²) in [6.45, 7) is 2.15. The van der Waals surface area contributed by atoms with Crippen molar-refractivity contribution in [2.24, 2.45) is 5.73 Å². The van der Waals surface area contributed by atoms with Crippen LogP contribution in [0.15, 0.2) is 36.5 Å². The third kappa shape index (κ3) is 2.95. The molecule has 1 aliphatic carbocycles. The van der Waals surface area contributed by atoms with Crippen LogP contribution in [-0.4, -0.2) is 23.9 Å². The molecule has 1 saturated carbocycles. The van der Waals surface area contributed by atoms with Crippen molar-refractivity contribution < 1.29 is 14.3 Å². The molecule has 1 aromatic heterocycles. The highest BCUT2D eigenvalue weighted by Gasteiger charge is 2.41.